The molecule has 0 aliphatic carbocycles. The highest BCUT2D eigenvalue weighted by Gasteiger charge is 1.81. The van der Waals surface area contributed by atoms with Gasteiger partial charge in [-0.3, -0.25) is 0 Å². The summed E-state index contributed by atoms with van der Waals surface area (Å²) in [5.41, 5.74) is 1.00. The lowest BCUT2D eigenvalue weighted by Crippen LogP contribution is -2.02. The van der Waals surface area contributed by atoms with Gasteiger partial charge in [-0.1, -0.05) is 0 Å². The highest BCUT2D eigenvalue weighted by Crippen LogP contribution is 1.77. The average Bonchev–Trinajstić information content (AvgIpc) is 1.86. The molecule has 0 bridgehead atoms. The molecule has 0 fully saturated rings. The van der Waals surface area contributed by atoms with Crippen LogP contribution in [0.5, 0.6) is 0 Å². The summed E-state index contributed by atoms with van der Waals surface area (Å²) in [7, 11) is 0. The molecular weight excluding hydrogens is 66.0 g/mol. The zero-order valence-electron chi connectivity index (χ0n) is 3.72. The van der Waals surface area contributed by atoms with Gasteiger partial charge in [-0.05, 0) is 6.08 Å². The molecule has 0 radical (unpaired) electrons. The van der Waals surface area contributed by atoms with E-state index in [-0.39, 0.29) is 0 Å². The van der Waals surface area contributed by atoms with E-state index in [1.54, 1.807) is 6.08 Å². The summed E-state index contributed by atoms with van der Waals surface area (Å²) >= 11 is 0. The first kappa shape index (κ1) is 1.82. The maximum atomic E-state index is 6.68. The summed E-state index contributed by atoms with van der Waals surface area (Å²) in [6.45, 7) is 0.583. The highest BCUT2D eigenvalue weighted by molar-refractivity contribution is 4.78. The monoisotopic (exact) mass is 72.0 g/mol. The smallest absolute Gasteiger partial charge is 0.169 e. The third-order valence-electron chi connectivity index (χ3n) is 0.412. The SMILES string of the molecule is [2H]N1CC=CO1. The van der Waals surface area contributed by atoms with Gasteiger partial charge in [0.25, 0.3) is 0 Å². The second-order valence-electron chi connectivity index (χ2n) is 0.789. The normalized spacial score (nSPS) is 26.0. The van der Waals surface area contributed by atoms with Crippen molar-refractivity contribution in [1.82, 2.24) is 5.47 Å². The van der Waals surface area contributed by atoms with Crippen molar-refractivity contribution in [2.75, 3.05) is 6.54 Å². The van der Waals surface area contributed by atoms with E-state index in [4.69, 9.17) is 1.41 Å². The molecule has 1 N–H and O–H groups in total. The van der Waals surface area contributed by atoms with Crippen LogP contribution in [-0.2, 0) is 4.84 Å². The third kappa shape index (κ3) is 0.389. The highest BCUT2D eigenvalue weighted by atomic mass is 16.6. The molecule has 1 aliphatic heterocycles. The molecule has 1 aliphatic rings. The van der Waals surface area contributed by atoms with Crippen molar-refractivity contribution in [3.63, 3.8) is 0 Å². The standard InChI is InChI=1S/C3H5NO/c1-2-4-5-3-1/h1,3-4H,2H2/i/hD. The van der Waals surface area contributed by atoms with Gasteiger partial charge in [0.2, 0.25) is 0 Å². The quantitative estimate of drug-likeness (QED) is 0.436. The molecule has 0 aromatic heterocycles. The predicted molar refractivity (Wildman–Crippen MR) is 18.2 cm³/mol. The molecule has 1 rings (SSSR count). The first-order valence-corrected chi connectivity index (χ1v) is 1.48. The van der Waals surface area contributed by atoms with Crippen molar-refractivity contribution in [2.45, 2.75) is 0 Å². The molecule has 28 valence electrons. The average molecular weight is 72.1 g/mol. The molecular formula is C3H5NO. The Hall–Kier alpha value is -0.500. The van der Waals surface area contributed by atoms with Crippen LogP contribution in [0.1, 0.15) is 0 Å². The van der Waals surface area contributed by atoms with Gasteiger partial charge in [-0.2, -0.15) is 5.47 Å². The minimum Gasteiger partial charge on any atom is -0.417 e. The van der Waals surface area contributed by atoms with Crippen LogP contribution in [0.4, 0.5) is 0 Å². The van der Waals surface area contributed by atoms with Crippen LogP contribution in [0.2, 0.25) is 1.41 Å². The molecule has 0 saturated carbocycles. The van der Waals surface area contributed by atoms with Crippen LogP contribution in [0.15, 0.2) is 12.3 Å². The number of hydrogen-bond acceptors (Lipinski definition) is 2. The summed E-state index contributed by atoms with van der Waals surface area (Å²) in [6, 6.07) is 0. The van der Waals surface area contributed by atoms with Crippen molar-refractivity contribution in [2.24, 2.45) is 0 Å². The first-order valence-electron chi connectivity index (χ1n) is 1.92. The van der Waals surface area contributed by atoms with Crippen LogP contribution in [0.25, 0.3) is 0 Å². The molecule has 5 heavy (non-hydrogen) atoms. The second kappa shape index (κ2) is 1.08. The van der Waals surface area contributed by atoms with Gasteiger partial charge >= 0.3 is 0 Å². The number of hydroxylamine groups is 1. The fourth-order valence-electron chi connectivity index (χ4n) is 0.215. The molecule has 0 atom stereocenters. The van der Waals surface area contributed by atoms with Gasteiger partial charge < -0.3 is 4.84 Å². The van der Waals surface area contributed by atoms with Crippen molar-refractivity contribution >= 4 is 0 Å². The van der Waals surface area contributed by atoms with Gasteiger partial charge in [-0.15, -0.1) is 0 Å². The minimum atomic E-state index is 0.583. The fraction of sp³-hybridized carbons (Fsp3) is 0.333. The van der Waals surface area contributed by atoms with Gasteiger partial charge in [0.05, 0.1) is 6.54 Å². The van der Waals surface area contributed by atoms with Crippen molar-refractivity contribution < 1.29 is 6.25 Å². The maximum absolute atomic E-state index is 6.68. The number of nitrogens with one attached hydrogen (secondary N) is 1. The van der Waals surface area contributed by atoms with E-state index in [9.17, 15) is 0 Å². The summed E-state index contributed by atoms with van der Waals surface area (Å²) < 4.78 is 6.68. The summed E-state index contributed by atoms with van der Waals surface area (Å²) in [4.78, 5) is 4.47. The Morgan fingerprint density at radius 3 is 3.40 bits per heavy atom. The van der Waals surface area contributed by atoms with Gasteiger partial charge in [0, 0.05) is 0 Å². The Morgan fingerprint density at radius 1 is 2.20 bits per heavy atom. The minimum absolute atomic E-state index is 0.583. The van der Waals surface area contributed by atoms with Crippen molar-refractivity contribution in [3.8, 4) is 0 Å². The van der Waals surface area contributed by atoms with E-state index in [2.05, 4.69) is 4.84 Å². The molecule has 0 aromatic carbocycles. The molecule has 0 spiro atoms. The maximum Gasteiger partial charge on any atom is 0.169 e. The first-order chi connectivity index (χ1) is 2.89. The van der Waals surface area contributed by atoms with E-state index in [1.165, 1.54) is 6.26 Å². The summed E-state index contributed by atoms with van der Waals surface area (Å²) in [5, 5.41) is 0. The fourth-order valence-corrected chi connectivity index (χ4v) is 0.215. The largest absolute Gasteiger partial charge is 0.417 e. The summed E-state index contributed by atoms with van der Waals surface area (Å²) in [5.74, 6) is 0. The van der Waals surface area contributed by atoms with Crippen LogP contribution in [-0.4, -0.2) is 6.54 Å². The molecule has 1 heterocycles. The molecule has 0 saturated heterocycles. The lowest BCUT2D eigenvalue weighted by Gasteiger charge is -1.82. The van der Waals surface area contributed by atoms with E-state index in [0.717, 1.165) is 5.47 Å². The number of rotatable bonds is 0. The van der Waals surface area contributed by atoms with Crippen LogP contribution in [0, 0.1) is 0 Å². The Bertz CT molecular complexity index is 65.2. The molecule has 2 nitrogen and oxygen atoms in total. The van der Waals surface area contributed by atoms with Crippen molar-refractivity contribution in [3.05, 3.63) is 12.3 Å². The topological polar surface area (TPSA) is 21.3 Å². The lowest BCUT2D eigenvalue weighted by molar-refractivity contribution is 0.168. The Kier molecular flexibility index (Phi) is 0.394. The Morgan fingerprint density at radius 2 is 3.20 bits per heavy atom. The van der Waals surface area contributed by atoms with E-state index in [1.807, 2.05) is 0 Å². The van der Waals surface area contributed by atoms with E-state index < -0.39 is 0 Å². The lowest BCUT2D eigenvalue weighted by atomic mass is 10.7. The van der Waals surface area contributed by atoms with Crippen LogP contribution in [0.3, 0.4) is 0 Å². The molecule has 2 heteroatoms. The van der Waals surface area contributed by atoms with E-state index in [0.29, 0.717) is 6.54 Å². The second-order valence-corrected chi connectivity index (χ2v) is 0.789. The number of hydrogen-bond donors (Lipinski definition) is 1. The zero-order valence-corrected chi connectivity index (χ0v) is 2.72. The Balaban J connectivity index is 2.32. The third-order valence-corrected chi connectivity index (χ3v) is 0.412. The predicted octanol–water partition coefficient (Wildman–Crippen LogP) is 0.0349. The van der Waals surface area contributed by atoms with Gasteiger partial charge in [0.1, 0.15) is 6.26 Å². The Labute approximate surface area is 31.9 Å². The summed E-state index contributed by atoms with van der Waals surface area (Å²) in [6.07, 6.45) is 3.26. The van der Waals surface area contributed by atoms with Crippen LogP contribution >= 0.6 is 0 Å². The molecule has 0 unspecified atom stereocenters. The zero-order chi connectivity index (χ0) is 4.41. The molecule has 0 amide bonds. The van der Waals surface area contributed by atoms with Crippen molar-refractivity contribution in [1.29, 1.82) is 0 Å². The van der Waals surface area contributed by atoms with E-state index >= 15 is 0 Å². The van der Waals surface area contributed by atoms with Gasteiger partial charge in [-0.25, -0.2) is 0 Å². The molecule has 0 aromatic rings. The van der Waals surface area contributed by atoms with Gasteiger partial charge in [0.15, 0.2) is 1.41 Å². The van der Waals surface area contributed by atoms with Crippen LogP contribution < -0.4 is 5.47 Å².